The summed E-state index contributed by atoms with van der Waals surface area (Å²) in [5.74, 6) is -0.309. The second kappa shape index (κ2) is 6.37. The maximum atomic E-state index is 11.8. The molecule has 2 aromatic heterocycles. The number of carbonyl (C=O) groups excluding carboxylic acids is 1. The molecule has 3 N–H and O–H groups in total. The molecule has 2 aromatic rings. The zero-order chi connectivity index (χ0) is 15.5. The number of aryl methyl sites for hydroxylation is 2. The third-order valence-electron chi connectivity index (χ3n) is 2.77. The lowest BCUT2D eigenvalue weighted by atomic mass is 10.2. The minimum absolute atomic E-state index is 0.0267. The number of carbonyl (C=O) groups is 1. The Morgan fingerprint density at radius 3 is 2.90 bits per heavy atom. The predicted octanol–water partition coefficient (Wildman–Crippen LogP) is 1.09. The second-order valence-corrected chi connectivity index (χ2v) is 7.10. The SMILES string of the molecule is Cn1cc(S(N)(=O)=O)c(NC(=O)CCCc2cccs2)n1. The molecule has 7 nitrogen and oxygen atoms in total. The molecule has 1 amide bonds. The molecule has 0 aliphatic rings. The van der Waals surface area contributed by atoms with E-state index in [2.05, 4.69) is 10.4 Å². The van der Waals surface area contributed by atoms with E-state index in [9.17, 15) is 13.2 Å². The number of nitrogens with zero attached hydrogens (tertiary/aromatic N) is 2. The van der Waals surface area contributed by atoms with Crippen LogP contribution in [-0.4, -0.2) is 24.1 Å². The Morgan fingerprint density at radius 1 is 1.52 bits per heavy atom. The van der Waals surface area contributed by atoms with Gasteiger partial charge in [0.1, 0.15) is 4.90 Å². The number of sulfonamides is 1. The first-order chi connectivity index (χ1) is 9.86. The van der Waals surface area contributed by atoms with Gasteiger partial charge < -0.3 is 5.32 Å². The molecular formula is C12H16N4O3S2. The molecule has 0 radical (unpaired) electrons. The highest BCUT2D eigenvalue weighted by atomic mass is 32.2. The standard InChI is InChI=1S/C12H16N4O3S2/c1-16-8-10(21(13,18)19)12(15-16)14-11(17)6-2-4-9-5-3-7-20-9/h3,5,7-8H,2,4,6H2,1H3,(H2,13,18,19)(H,14,15,17). The molecule has 114 valence electrons. The van der Waals surface area contributed by atoms with E-state index < -0.39 is 10.0 Å². The molecule has 0 aliphatic heterocycles. The largest absolute Gasteiger partial charge is 0.308 e. The number of anilines is 1. The second-order valence-electron chi connectivity index (χ2n) is 4.54. The lowest BCUT2D eigenvalue weighted by molar-refractivity contribution is -0.116. The number of aromatic nitrogens is 2. The van der Waals surface area contributed by atoms with Crippen molar-refractivity contribution in [3.05, 3.63) is 28.6 Å². The van der Waals surface area contributed by atoms with Gasteiger partial charge >= 0.3 is 0 Å². The number of nitrogens with one attached hydrogen (secondary N) is 1. The minimum atomic E-state index is -3.91. The quantitative estimate of drug-likeness (QED) is 0.827. The van der Waals surface area contributed by atoms with Gasteiger partial charge in [-0.2, -0.15) is 5.10 Å². The topological polar surface area (TPSA) is 107 Å². The fourth-order valence-electron chi connectivity index (χ4n) is 1.83. The first-order valence-corrected chi connectivity index (χ1v) is 8.67. The lowest BCUT2D eigenvalue weighted by Gasteiger charge is -2.03. The molecule has 2 heterocycles. The summed E-state index contributed by atoms with van der Waals surface area (Å²) >= 11 is 1.64. The summed E-state index contributed by atoms with van der Waals surface area (Å²) in [5.41, 5.74) is 0. The number of nitrogens with two attached hydrogens (primary N) is 1. The van der Waals surface area contributed by atoms with E-state index in [0.717, 1.165) is 6.42 Å². The van der Waals surface area contributed by atoms with E-state index in [4.69, 9.17) is 5.14 Å². The van der Waals surface area contributed by atoms with E-state index in [-0.39, 0.29) is 16.6 Å². The van der Waals surface area contributed by atoms with Crippen molar-refractivity contribution in [2.75, 3.05) is 5.32 Å². The minimum Gasteiger partial charge on any atom is -0.308 e. The molecule has 0 aliphatic carbocycles. The van der Waals surface area contributed by atoms with Gasteiger partial charge in [0.2, 0.25) is 15.9 Å². The Labute approximate surface area is 126 Å². The van der Waals surface area contributed by atoms with E-state index in [1.165, 1.54) is 15.8 Å². The molecule has 21 heavy (non-hydrogen) atoms. The van der Waals surface area contributed by atoms with Crippen LogP contribution in [0.15, 0.2) is 28.6 Å². The normalized spacial score (nSPS) is 11.5. The van der Waals surface area contributed by atoms with Gasteiger partial charge in [-0.1, -0.05) is 6.07 Å². The van der Waals surface area contributed by atoms with Gasteiger partial charge in [0.25, 0.3) is 0 Å². The Hall–Kier alpha value is -1.71. The maximum Gasteiger partial charge on any atom is 0.243 e. The third kappa shape index (κ3) is 4.38. The van der Waals surface area contributed by atoms with E-state index >= 15 is 0 Å². The molecule has 0 atom stereocenters. The molecule has 2 rings (SSSR count). The average molecular weight is 328 g/mol. The van der Waals surface area contributed by atoms with Crippen molar-refractivity contribution in [2.24, 2.45) is 12.2 Å². The number of thiophene rings is 1. The van der Waals surface area contributed by atoms with Crippen molar-refractivity contribution >= 4 is 33.1 Å². The molecule has 0 bridgehead atoms. The van der Waals surface area contributed by atoms with Crippen LogP contribution in [0.1, 0.15) is 17.7 Å². The average Bonchev–Trinajstić information content (AvgIpc) is 2.98. The number of amides is 1. The van der Waals surface area contributed by atoms with Crippen LogP contribution in [0, 0.1) is 0 Å². The fourth-order valence-corrected chi connectivity index (χ4v) is 3.25. The number of hydrogen-bond donors (Lipinski definition) is 2. The van der Waals surface area contributed by atoms with Crippen LogP contribution < -0.4 is 10.5 Å². The summed E-state index contributed by atoms with van der Waals surface area (Å²) in [6.07, 6.45) is 3.05. The first kappa shape index (κ1) is 15.7. The molecule has 9 heteroatoms. The zero-order valence-electron chi connectivity index (χ0n) is 11.4. The van der Waals surface area contributed by atoms with Crippen LogP contribution in [0.2, 0.25) is 0 Å². The van der Waals surface area contributed by atoms with Gasteiger partial charge in [-0.15, -0.1) is 11.3 Å². The smallest absolute Gasteiger partial charge is 0.243 e. The first-order valence-electron chi connectivity index (χ1n) is 6.25. The van der Waals surface area contributed by atoms with Crippen molar-refractivity contribution in [3.63, 3.8) is 0 Å². The van der Waals surface area contributed by atoms with E-state index in [0.29, 0.717) is 12.8 Å². The molecule has 0 fully saturated rings. The van der Waals surface area contributed by atoms with Gasteiger partial charge in [0, 0.05) is 24.5 Å². The summed E-state index contributed by atoms with van der Waals surface area (Å²) in [6, 6.07) is 3.98. The van der Waals surface area contributed by atoms with Crippen LogP contribution in [0.25, 0.3) is 0 Å². The lowest BCUT2D eigenvalue weighted by Crippen LogP contribution is -2.17. The van der Waals surface area contributed by atoms with Crippen molar-refractivity contribution in [2.45, 2.75) is 24.2 Å². The molecular weight excluding hydrogens is 312 g/mol. The predicted molar refractivity (Wildman–Crippen MR) is 80.5 cm³/mol. The van der Waals surface area contributed by atoms with Gasteiger partial charge in [-0.3, -0.25) is 9.48 Å². The summed E-state index contributed by atoms with van der Waals surface area (Å²) in [6.45, 7) is 0. The van der Waals surface area contributed by atoms with Crippen LogP contribution >= 0.6 is 11.3 Å². The van der Waals surface area contributed by atoms with Crippen molar-refractivity contribution in [1.82, 2.24) is 9.78 Å². The highest BCUT2D eigenvalue weighted by Gasteiger charge is 2.19. The van der Waals surface area contributed by atoms with E-state index in [1.807, 2.05) is 17.5 Å². The number of hydrogen-bond acceptors (Lipinski definition) is 5. The Morgan fingerprint density at radius 2 is 2.29 bits per heavy atom. The number of primary sulfonamides is 1. The Balaban J connectivity index is 1.94. The molecule has 0 unspecified atom stereocenters. The van der Waals surface area contributed by atoms with Crippen molar-refractivity contribution < 1.29 is 13.2 Å². The summed E-state index contributed by atoms with van der Waals surface area (Å²) in [5, 5.41) is 13.5. The number of rotatable bonds is 6. The third-order valence-corrected chi connectivity index (χ3v) is 4.61. The van der Waals surface area contributed by atoms with Gasteiger partial charge in [-0.25, -0.2) is 13.6 Å². The van der Waals surface area contributed by atoms with Gasteiger partial charge in [-0.05, 0) is 24.3 Å². The van der Waals surface area contributed by atoms with Gasteiger partial charge in [0.15, 0.2) is 5.82 Å². The van der Waals surface area contributed by atoms with Crippen LogP contribution in [-0.2, 0) is 28.3 Å². The van der Waals surface area contributed by atoms with Gasteiger partial charge in [0.05, 0.1) is 0 Å². The molecule has 0 spiro atoms. The maximum absolute atomic E-state index is 11.8. The zero-order valence-corrected chi connectivity index (χ0v) is 13.1. The van der Waals surface area contributed by atoms with Crippen LogP contribution in [0.5, 0.6) is 0 Å². The Bertz CT molecular complexity index is 720. The van der Waals surface area contributed by atoms with Crippen molar-refractivity contribution in [3.8, 4) is 0 Å². The monoisotopic (exact) mass is 328 g/mol. The van der Waals surface area contributed by atoms with Crippen LogP contribution in [0.4, 0.5) is 5.82 Å². The molecule has 0 saturated carbocycles. The summed E-state index contributed by atoms with van der Waals surface area (Å²) in [4.78, 5) is 12.9. The highest BCUT2D eigenvalue weighted by molar-refractivity contribution is 7.89. The van der Waals surface area contributed by atoms with Crippen LogP contribution in [0.3, 0.4) is 0 Å². The molecule has 0 aromatic carbocycles. The van der Waals surface area contributed by atoms with E-state index in [1.54, 1.807) is 18.4 Å². The van der Waals surface area contributed by atoms with Crippen molar-refractivity contribution in [1.29, 1.82) is 0 Å². The highest BCUT2D eigenvalue weighted by Crippen LogP contribution is 2.18. The fraction of sp³-hybridized carbons (Fsp3) is 0.333. The summed E-state index contributed by atoms with van der Waals surface area (Å²) in [7, 11) is -2.35. The molecule has 0 saturated heterocycles. The summed E-state index contributed by atoms with van der Waals surface area (Å²) < 4.78 is 24.1. The Kier molecular flexibility index (Phi) is 4.76.